The van der Waals surface area contributed by atoms with Crippen LogP contribution < -0.4 is 4.74 Å². The number of H-pyrrole nitrogens is 1. The van der Waals surface area contributed by atoms with E-state index in [9.17, 15) is 9.59 Å². The molecule has 1 heterocycles. The van der Waals surface area contributed by atoms with E-state index in [0.717, 1.165) is 11.3 Å². The van der Waals surface area contributed by atoms with E-state index < -0.39 is 5.97 Å². The predicted molar refractivity (Wildman–Crippen MR) is 95.3 cm³/mol. The summed E-state index contributed by atoms with van der Waals surface area (Å²) in [7, 11) is 4.84. The molecule has 6 heteroatoms. The zero-order valence-corrected chi connectivity index (χ0v) is 15.3. The molecule has 0 saturated heterocycles. The lowest BCUT2D eigenvalue weighted by Gasteiger charge is -2.16. The first kappa shape index (κ1) is 18.7. The van der Waals surface area contributed by atoms with Gasteiger partial charge in [-0.25, -0.2) is 4.79 Å². The van der Waals surface area contributed by atoms with Crippen molar-refractivity contribution in [2.24, 2.45) is 0 Å². The second kappa shape index (κ2) is 7.98. The van der Waals surface area contributed by atoms with Crippen molar-refractivity contribution in [1.29, 1.82) is 0 Å². The van der Waals surface area contributed by atoms with Gasteiger partial charge < -0.3 is 14.5 Å². The van der Waals surface area contributed by atoms with Crippen molar-refractivity contribution in [2.75, 3.05) is 27.8 Å². The Morgan fingerprint density at radius 3 is 2.32 bits per heavy atom. The third-order valence-electron chi connectivity index (χ3n) is 4.13. The van der Waals surface area contributed by atoms with Gasteiger partial charge in [-0.2, -0.15) is 0 Å². The van der Waals surface area contributed by atoms with Gasteiger partial charge in [-0.05, 0) is 44.2 Å². The van der Waals surface area contributed by atoms with Crippen LogP contribution in [-0.4, -0.2) is 49.4 Å². The van der Waals surface area contributed by atoms with Gasteiger partial charge in [-0.1, -0.05) is 12.1 Å². The number of nitrogens with one attached hydrogen (secondary N) is 1. The fraction of sp³-hybridized carbons (Fsp3) is 0.368. The minimum atomic E-state index is -0.433. The SMILES string of the molecule is COC(=O)c1c(C)[nH]c(C(=O)CN(C)Cc2ccc(OC)cc2)c1C. The number of aryl methyl sites for hydroxylation is 1. The minimum absolute atomic E-state index is 0.0632. The first-order chi connectivity index (χ1) is 11.9. The second-order valence-electron chi connectivity index (χ2n) is 6.06. The molecule has 2 aromatic rings. The molecule has 2 rings (SSSR count). The van der Waals surface area contributed by atoms with Crippen LogP contribution in [0.1, 0.15) is 37.7 Å². The van der Waals surface area contributed by atoms with Crippen LogP contribution in [0.5, 0.6) is 5.75 Å². The van der Waals surface area contributed by atoms with Crippen LogP contribution >= 0.6 is 0 Å². The minimum Gasteiger partial charge on any atom is -0.497 e. The Morgan fingerprint density at radius 1 is 1.12 bits per heavy atom. The van der Waals surface area contributed by atoms with E-state index in [1.807, 2.05) is 36.2 Å². The molecule has 134 valence electrons. The maximum absolute atomic E-state index is 12.6. The average molecular weight is 344 g/mol. The van der Waals surface area contributed by atoms with Crippen molar-refractivity contribution in [3.05, 3.63) is 52.3 Å². The van der Waals surface area contributed by atoms with Gasteiger partial charge in [0, 0.05) is 12.2 Å². The summed E-state index contributed by atoms with van der Waals surface area (Å²) in [4.78, 5) is 29.4. The van der Waals surface area contributed by atoms with Gasteiger partial charge in [0.2, 0.25) is 0 Å². The summed E-state index contributed by atoms with van der Waals surface area (Å²) in [5, 5.41) is 0. The van der Waals surface area contributed by atoms with E-state index >= 15 is 0 Å². The van der Waals surface area contributed by atoms with Crippen molar-refractivity contribution in [1.82, 2.24) is 9.88 Å². The molecule has 0 unspecified atom stereocenters. The number of hydrogen-bond donors (Lipinski definition) is 1. The van der Waals surface area contributed by atoms with Gasteiger partial charge in [0.25, 0.3) is 0 Å². The quantitative estimate of drug-likeness (QED) is 0.618. The standard InChI is InChI=1S/C19H24N2O4/c1-12-17(19(23)25-5)13(2)20-18(12)16(22)11-21(3)10-14-6-8-15(24-4)9-7-14/h6-9,20H,10-11H2,1-5H3. The molecule has 1 N–H and O–H groups in total. The average Bonchev–Trinajstić information content (AvgIpc) is 2.89. The van der Waals surface area contributed by atoms with Gasteiger partial charge in [-0.3, -0.25) is 9.69 Å². The summed E-state index contributed by atoms with van der Waals surface area (Å²) in [5.41, 5.74) is 3.26. The van der Waals surface area contributed by atoms with Crippen LogP contribution in [0.3, 0.4) is 0 Å². The molecule has 6 nitrogen and oxygen atoms in total. The lowest BCUT2D eigenvalue weighted by atomic mass is 10.1. The van der Waals surface area contributed by atoms with Gasteiger partial charge in [-0.15, -0.1) is 0 Å². The van der Waals surface area contributed by atoms with E-state index in [1.165, 1.54) is 7.11 Å². The first-order valence-electron chi connectivity index (χ1n) is 7.99. The number of methoxy groups -OCH3 is 2. The number of ether oxygens (including phenoxy) is 2. The fourth-order valence-electron chi connectivity index (χ4n) is 2.86. The molecule has 1 aromatic heterocycles. The van der Waals surface area contributed by atoms with Gasteiger partial charge in [0.1, 0.15) is 5.75 Å². The number of carbonyl (C=O) groups is 2. The molecule has 0 aliphatic rings. The van der Waals surface area contributed by atoms with Gasteiger partial charge >= 0.3 is 5.97 Å². The molecule has 0 spiro atoms. The number of aromatic nitrogens is 1. The number of nitrogens with zero attached hydrogens (tertiary/aromatic N) is 1. The number of ketones is 1. The summed E-state index contributed by atoms with van der Waals surface area (Å²) < 4.78 is 9.92. The van der Waals surface area contributed by atoms with E-state index in [0.29, 0.717) is 29.1 Å². The Labute approximate surface area is 147 Å². The number of likely N-dealkylation sites (N-methyl/N-ethyl adjacent to an activating group) is 1. The normalized spacial score (nSPS) is 10.8. The predicted octanol–water partition coefficient (Wildman–Crippen LogP) is 2.74. The van der Waals surface area contributed by atoms with Crippen LogP contribution in [0.4, 0.5) is 0 Å². The maximum atomic E-state index is 12.6. The smallest absolute Gasteiger partial charge is 0.339 e. The topological polar surface area (TPSA) is 71.6 Å². The number of aromatic amines is 1. The number of rotatable bonds is 7. The zero-order chi connectivity index (χ0) is 18.6. The van der Waals surface area contributed by atoms with E-state index in [-0.39, 0.29) is 12.3 Å². The number of esters is 1. The Bertz CT molecular complexity index is 762. The zero-order valence-electron chi connectivity index (χ0n) is 15.3. The molecule has 0 atom stereocenters. The van der Waals surface area contributed by atoms with Crippen molar-refractivity contribution >= 4 is 11.8 Å². The maximum Gasteiger partial charge on any atom is 0.339 e. The highest BCUT2D eigenvalue weighted by Gasteiger charge is 2.22. The van der Waals surface area contributed by atoms with E-state index in [2.05, 4.69) is 4.98 Å². The number of Topliss-reactive ketones (excluding diaryl/α,β-unsaturated/α-hetero) is 1. The molecule has 0 aliphatic carbocycles. The molecule has 0 radical (unpaired) electrons. The Balaban J connectivity index is 2.07. The molecule has 0 bridgehead atoms. The second-order valence-corrected chi connectivity index (χ2v) is 6.06. The first-order valence-corrected chi connectivity index (χ1v) is 7.99. The summed E-state index contributed by atoms with van der Waals surface area (Å²) in [6.45, 7) is 4.40. The van der Waals surface area contributed by atoms with Crippen LogP contribution in [0, 0.1) is 13.8 Å². The molecule has 0 amide bonds. The van der Waals surface area contributed by atoms with Gasteiger partial charge in [0.05, 0.1) is 32.0 Å². The molecular formula is C19H24N2O4. The van der Waals surface area contributed by atoms with Crippen molar-refractivity contribution in [3.8, 4) is 5.75 Å². The Morgan fingerprint density at radius 2 is 1.76 bits per heavy atom. The van der Waals surface area contributed by atoms with Crippen LogP contribution in [0.15, 0.2) is 24.3 Å². The fourth-order valence-corrected chi connectivity index (χ4v) is 2.86. The summed E-state index contributed by atoms with van der Waals surface area (Å²) in [6.07, 6.45) is 0. The van der Waals surface area contributed by atoms with E-state index in [1.54, 1.807) is 21.0 Å². The summed E-state index contributed by atoms with van der Waals surface area (Å²) in [6, 6.07) is 7.73. The van der Waals surface area contributed by atoms with Crippen LogP contribution in [0.25, 0.3) is 0 Å². The van der Waals surface area contributed by atoms with Crippen molar-refractivity contribution < 1.29 is 19.1 Å². The molecule has 25 heavy (non-hydrogen) atoms. The van der Waals surface area contributed by atoms with Crippen LogP contribution in [0.2, 0.25) is 0 Å². The Hall–Kier alpha value is -2.60. The molecule has 0 aliphatic heterocycles. The monoisotopic (exact) mass is 344 g/mol. The lowest BCUT2D eigenvalue weighted by molar-refractivity contribution is 0.0599. The van der Waals surface area contributed by atoms with E-state index in [4.69, 9.17) is 9.47 Å². The summed E-state index contributed by atoms with van der Waals surface area (Å²) >= 11 is 0. The molecular weight excluding hydrogens is 320 g/mol. The molecule has 0 fully saturated rings. The highest BCUT2D eigenvalue weighted by Crippen LogP contribution is 2.20. The lowest BCUT2D eigenvalue weighted by Crippen LogP contribution is -2.26. The van der Waals surface area contributed by atoms with Crippen LogP contribution in [-0.2, 0) is 11.3 Å². The molecule has 1 aromatic carbocycles. The highest BCUT2D eigenvalue weighted by molar-refractivity contribution is 6.02. The largest absolute Gasteiger partial charge is 0.497 e. The summed E-state index contributed by atoms with van der Waals surface area (Å²) in [5.74, 6) is 0.305. The molecule has 0 saturated carbocycles. The number of benzene rings is 1. The third-order valence-corrected chi connectivity index (χ3v) is 4.13. The number of carbonyl (C=O) groups excluding carboxylic acids is 2. The highest BCUT2D eigenvalue weighted by atomic mass is 16.5. The number of hydrogen-bond acceptors (Lipinski definition) is 5. The van der Waals surface area contributed by atoms with Gasteiger partial charge in [0.15, 0.2) is 5.78 Å². The Kier molecular flexibility index (Phi) is 5.98. The van der Waals surface area contributed by atoms with Crippen molar-refractivity contribution in [2.45, 2.75) is 20.4 Å². The third kappa shape index (κ3) is 4.28. The van der Waals surface area contributed by atoms with Crippen molar-refractivity contribution in [3.63, 3.8) is 0 Å².